The van der Waals surface area contributed by atoms with E-state index in [1.54, 1.807) is 24.1 Å². The fraction of sp³-hybridized carbons (Fsp3) is 0.353. The Balaban J connectivity index is 2.15. The summed E-state index contributed by atoms with van der Waals surface area (Å²) in [5.74, 6) is 0.0712. The van der Waals surface area contributed by atoms with Gasteiger partial charge in [-0.1, -0.05) is 25.5 Å². The maximum absolute atomic E-state index is 13.0. The lowest BCUT2D eigenvalue weighted by molar-refractivity contribution is 0.0740. The lowest BCUT2D eigenvalue weighted by Crippen LogP contribution is -2.31. The van der Waals surface area contributed by atoms with Crippen molar-refractivity contribution in [2.45, 2.75) is 26.3 Å². The Bertz CT molecular complexity index is 628. The number of aromatic nitrogens is 2. The van der Waals surface area contributed by atoms with Gasteiger partial charge in [0.1, 0.15) is 5.82 Å². The molecule has 0 unspecified atom stereocenters. The number of hydrogen-bond donors (Lipinski definition) is 1. The molecule has 0 bridgehead atoms. The highest BCUT2D eigenvalue weighted by Gasteiger charge is 2.16. The summed E-state index contributed by atoms with van der Waals surface area (Å²) < 4.78 is 13.0. The first kappa shape index (κ1) is 16.9. The van der Waals surface area contributed by atoms with E-state index in [2.05, 4.69) is 22.2 Å². The molecular formula is C17H21FN4O. The Morgan fingerprint density at radius 1 is 1.22 bits per heavy atom. The highest BCUT2D eigenvalue weighted by atomic mass is 19.1. The second-order valence-corrected chi connectivity index (χ2v) is 5.25. The summed E-state index contributed by atoms with van der Waals surface area (Å²) in [5, 5.41) is 2.82. The monoisotopic (exact) mass is 316 g/mol. The lowest BCUT2D eigenvalue weighted by Gasteiger charge is -2.22. The third-order valence-corrected chi connectivity index (χ3v) is 3.48. The van der Waals surface area contributed by atoms with Gasteiger partial charge in [-0.2, -0.15) is 0 Å². The van der Waals surface area contributed by atoms with Gasteiger partial charge in [-0.05, 0) is 24.1 Å². The predicted octanol–water partition coefficient (Wildman–Crippen LogP) is 3.10. The van der Waals surface area contributed by atoms with Crippen LogP contribution in [-0.4, -0.2) is 34.4 Å². The molecule has 0 spiro atoms. The minimum atomic E-state index is -0.281. The Morgan fingerprint density at radius 2 is 1.87 bits per heavy atom. The maximum Gasteiger partial charge on any atom is 0.257 e. The number of hydrogen-bond acceptors (Lipinski definition) is 4. The number of nitrogens with one attached hydrogen (secondary N) is 1. The van der Waals surface area contributed by atoms with Crippen molar-refractivity contribution in [3.63, 3.8) is 0 Å². The van der Waals surface area contributed by atoms with Crippen molar-refractivity contribution < 1.29 is 9.18 Å². The highest BCUT2D eigenvalue weighted by Crippen LogP contribution is 2.12. The number of halogens is 1. The second kappa shape index (κ2) is 8.22. The lowest BCUT2D eigenvalue weighted by atomic mass is 10.1. The molecule has 1 aromatic heterocycles. The number of anilines is 1. The first-order chi connectivity index (χ1) is 11.1. The van der Waals surface area contributed by atoms with Crippen molar-refractivity contribution in [1.82, 2.24) is 14.9 Å². The van der Waals surface area contributed by atoms with Crippen LogP contribution in [0, 0.1) is 5.82 Å². The van der Waals surface area contributed by atoms with Crippen LogP contribution >= 0.6 is 0 Å². The van der Waals surface area contributed by atoms with Crippen molar-refractivity contribution in [3.8, 4) is 0 Å². The molecule has 1 aromatic carbocycles. The van der Waals surface area contributed by atoms with E-state index in [1.165, 1.54) is 24.5 Å². The van der Waals surface area contributed by atoms with Crippen molar-refractivity contribution in [1.29, 1.82) is 0 Å². The van der Waals surface area contributed by atoms with E-state index in [4.69, 9.17) is 0 Å². The molecule has 0 atom stereocenters. The topological polar surface area (TPSA) is 58.1 Å². The fourth-order valence-corrected chi connectivity index (χ4v) is 2.16. The molecule has 2 rings (SSSR count). The molecule has 0 aliphatic rings. The second-order valence-electron chi connectivity index (χ2n) is 5.25. The summed E-state index contributed by atoms with van der Waals surface area (Å²) >= 11 is 0. The van der Waals surface area contributed by atoms with Gasteiger partial charge in [0.25, 0.3) is 5.91 Å². The van der Waals surface area contributed by atoms with Gasteiger partial charge in [-0.25, -0.2) is 14.4 Å². The molecule has 6 heteroatoms. The van der Waals surface area contributed by atoms with Crippen LogP contribution < -0.4 is 5.32 Å². The zero-order valence-corrected chi connectivity index (χ0v) is 13.4. The smallest absolute Gasteiger partial charge is 0.257 e. The van der Waals surface area contributed by atoms with E-state index in [1.807, 2.05) is 0 Å². The molecule has 0 radical (unpaired) electrons. The average Bonchev–Trinajstić information content (AvgIpc) is 2.59. The average molecular weight is 316 g/mol. The Hall–Kier alpha value is -2.50. The minimum absolute atomic E-state index is 0.120. The Morgan fingerprint density at radius 3 is 2.43 bits per heavy atom. The largest absolute Gasteiger partial charge is 0.357 e. The summed E-state index contributed by atoms with van der Waals surface area (Å²) in [5.41, 5.74) is 1.34. The van der Waals surface area contributed by atoms with Gasteiger partial charge in [0.15, 0.2) is 0 Å². The first-order valence-corrected chi connectivity index (χ1v) is 7.67. The highest BCUT2D eigenvalue weighted by molar-refractivity contribution is 5.93. The van der Waals surface area contributed by atoms with E-state index >= 15 is 0 Å². The van der Waals surface area contributed by atoms with Crippen LogP contribution in [0.25, 0.3) is 0 Å². The molecule has 1 heterocycles. The zero-order valence-electron chi connectivity index (χ0n) is 13.4. The summed E-state index contributed by atoms with van der Waals surface area (Å²) in [6, 6.07) is 6.20. The summed E-state index contributed by atoms with van der Waals surface area (Å²) in [4.78, 5) is 22.6. The zero-order chi connectivity index (χ0) is 16.7. The molecule has 23 heavy (non-hydrogen) atoms. The summed E-state index contributed by atoms with van der Waals surface area (Å²) in [7, 11) is 1.72. The fourth-order valence-electron chi connectivity index (χ4n) is 2.16. The minimum Gasteiger partial charge on any atom is -0.357 e. The molecule has 2 aromatic rings. The molecule has 1 amide bonds. The first-order valence-electron chi connectivity index (χ1n) is 7.67. The van der Waals surface area contributed by atoms with Gasteiger partial charge in [-0.3, -0.25) is 4.79 Å². The van der Waals surface area contributed by atoms with Gasteiger partial charge in [-0.15, -0.1) is 0 Å². The van der Waals surface area contributed by atoms with Crippen molar-refractivity contribution in [2.75, 3.05) is 18.9 Å². The van der Waals surface area contributed by atoms with Crippen LogP contribution in [-0.2, 0) is 6.54 Å². The molecule has 0 saturated carbocycles. The van der Waals surface area contributed by atoms with Gasteiger partial charge in [0.05, 0.1) is 5.56 Å². The number of rotatable bonds is 7. The molecule has 1 N–H and O–H groups in total. The van der Waals surface area contributed by atoms with Crippen molar-refractivity contribution >= 4 is 11.9 Å². The van der Waals surface area contributed by atoms with E-state index in [0.29, 0.717) is 24.6 Å². The third kappa shape index (κ3) is 4.74. The van der Waals surface area contributed by atoms with Gasteiger partial charge in [0.2, 0.25) is 5.95 Å². The van der Waals surface area contributed by atoms with E-state index < -0.39 is 0 Å². The molecule has 5 nitrogen and oxygen atoms in total. The Kier molecular flexibility index (Phi) is 6.02. The number of benzene rings is 1. The number of carbonyl (C=O) groups is 1. The van der Waals surface area contributed by atoms with E-state index in [-0.39, 0.29) is 11.7 Å². The van der Waals surface area contributed by atoms with E-state index in [0.717, 1.165) is 18.4 Å². The summed E-state index contributed by atoms with van der Waals surface area (Å²) in [6.45, 7) is 3.15. The molecule has 0 fully saturated rings. The normalized spacial score (nSPS) is 10.4. The van der Waals surface area contributed by atoms with E-state index in [9.17, 15) is 9.18 Å². The maximum atomic E-state index is 13.0. The van der Waals surface area contributed by atoms with Gasteiger partial charge >= 0.3 is 0 Å². The standard InChI is InChI=1S/C17H21FN4O/c1-3-4-9-22(12-13-5-7-15(18)8-6-13)16(23)14-10-20-17(19-2)21-11-14/h5-8,10-11H,3-4,9,12H2,1-2H3,(H,19,20,21). The van der Waals surface area contributed by atoms with Crippen LogP contribution in [0.2, 0.25) is 0 Å². The van der Waals surface area contributed by atoms with Crippen LogP contribution in [0.4, 0.5) is 10.3 Å². The van der Waals surface area contributed by atoms with Crippen molar-refractivity contribution in [3.05, 3.63) is 53.6 Å². The van der Waals surface area contributed by atoms with Crippen LogP contribution in [0.3, 0.4) is 0 Å². The SMILES string of the molecule is CCCCN(Cc1ccc(F)cc1)C(=O)c1cnc(NC)nc1. The molecule has 0 saturated heterocycles. The summed E-state index contributed by atoms with van der Waals surface area (Å²) in [6.07, 6.45) is 4.93. The molecule has 0 aliphatic carbocycles. The van der Waals surface area contributed by atoms with Gasteiger partial charge < -0.3 is 10.2 Å². The van der Waals surface area contributed by atoms with Gasteiger partial charge in [0, 0.05) is 32.5 Å². The molecule has 122 valence electrons. The number of nitrogens with zero attached hydrogens (tertiary/aromatic N) is 3. The number of amides is 1. The number of carbonyl (C=O) groups excluding carboxylic acids is 1. The van der Waals surface area contributed by atoms with Crippen LogP contribution in [0.15, 0.2) is 36.7 Å². The molecule has 0 aliphatic heterocycles. The third-order valence-electron chi connectivity index (χ3n) is 3.48. The molecular weight excluding hydrogens is 295 g/mol. The Labute approximate surface area is 135 Å². The van der Waals surface area contributed by atoms with Crippen molar-refractivity contribution in [2.24, 2.45) is 0 Å². The predicted molar refractivity (Wildman–Crippen MR) is 87.6 cm³/mol. The van der Waals surface area contributed by atoms with Crippen LogP contribution in [0.1, 0.15) is 35.7 Å². The quantitative estimate of drug-likeness (QED) is 0.853. The van der Waals surface area contributed by atoms with Crippen LogP contribution in [0.5, 0.6) is 0 Å². The number of unbranched alkanes of at least 4 members (excludes halogenated alkanes) is 1.